The Hall–Kier alpha value is -1.29. The summed E-state index contributed by atoms with van der Waals surface area (Å²) in [5, 5.41) is 3.37. The second-order valence-electron chi connectivity index (χ2n) is 3.83. The van der Waals surface area contributed by atoms with Crippen LogP contribution in [0, 0.1) is 0 Å². The predicted octanol–water partition coefficient (Wildman–Crippen LogP) is 0.896. The Morgan fingerprint density at radius 3 is 3.13 bits per heavy atom. The molecule has 0 saturated carbocycles. The van der Waals surface area contributed by atoms with Crippen molar-refractivity contribution in [2.24, 2.45) is 0 Å². The Balaban J connectivity index is 1.87. The number of pyridine rings is 1. The second kappa shape index (κ2) is 4.98. The van der Waals surface area contributed by atoms with Gasteiger partial charge in [0.1, 0.15) is 6.61 Å². The van der Waals surface area contributed by atoms with E-state index in [0.29, 0.717) is 18.4 Å². The Kier molecular flexibility index (Phi) is 3.40. The summed E-state index contributed by atoms with van der Waals surface area (Å²) in [5.41, 5.74) is -0.0652. The molecule has 1 saturated heterocycles. The molecule has 1 aromatic heterocycles. The van der Waals surface area contributed by atoms with E-state index < -0.39 is 0 Å². The normalized spacial score (nSPS) is 21.2. The number of ether oxygens (including phenoxy) is 1. The molecule has 1 atom stereocenters. The molecule has 0 aromatic carbocycles. The topological polar surface area (TPSA) is 54.1 Å². The van der Waals surface area contributed by atoms with Crippen LogP contribution in [-0.4, -0.2) is 24.2 Å². The third kappa shape index (κ3) is 2.83. The monoisotopic (exact) mass is 208 g/mol. The van der Waals surface area contributed by atoms with Gasteiger partial charge in [0, 0.05) is 24.5 Å². The lowest BCUT2D eigenvalue weighted by atomic mass is 10.1. The number of piperidine rings is 1. The summed E-state index contributed by atoms with van der Waals surface area (Å²) in [6.45, 7) is 1.63. The van der Waals surface area contributed by atoms with Gasteiger partial charge in [-0.05, 0) is 19.4 Å². The highest BCUT2D eigenvalue weighted by atomic mass is 16.5. The summed E-state index contributed by atoms with van der Waals surface area (Å²) >= 11 is 0. The minimum atomic E-state index is -0.0652. The number of nitrogens with one attached hydrogen (secondary N) is 2. The van der Waals surface area contributed by atoms with Crippen molar-refractivity contribution in [2.75, 3.05) is 13.2 Å². The molecule has 4 heteroatoms. The zero-order valence-corrected chi connectivity index (χ0v) is 8.66. The molecule has 2 rings (SSSR count). The number of aromatic amines is 1. The van der Waals surface area contributed by atoms with Gasteiger partial charge in [0.15, 0.2) is 5.75 Å². The average molecular weight is 208 g/mol. The average Bonchev–Trinajstić information content (AvgIpc) is 2.29. The van der Waals surface area contributed by atoms with Gasteiger partial charge in [-0.25, -0.2) is 0 Å². The first kappa shape index (κ1) is 10.2. The largest absolute Gasteiger partial charge is 0.486 e. The van der Waals surface area contributed by atoms with Gasteiger partial charge in [0.2, 0.25) is 5.43 Å². The van der Waals surface area contributed by atoms with Crippen molar-refractivity contribution in [3.05, 3.63) is 28.7 Å². The van der Waals surface area contributed by atoms with Gasteiger partial charge in [0.05, 0.1) is 0 Å². The molecule has 0 spiro atoms. The Morgan fingerprint density at radius 1 is 1.47 bits per heavy atom. The summed E-state index contributed by atoms with van der Waals surface area (Å²) in [4.78, 5) is 14.2. The van der Waals surface area contributed by atoms with Crippen LogP contribution in [0.15, 0.2) is 23.3 Å². The van der Waals surface area contributed by atoms with E-state index in [2.05, 4.69) is 10.3 Å². The number of hydrogen-bond acceptors (Lipinski definition) is 3. The predicted molar refractivity (Wildman–Crippen MR) is 58.2 cm³/mol. The second-order valence-corrected chi connectivity index (χ2v) is 3.83. The molecule has 1 unspecified atom stereocenters. The van der Waals surface area contributed by atoms with Crippen LogP contribution >= 0.6 is 0 Å². The molecule has 1 aliphatic heterocycles. The minimum Gasteiger partial charge on any atom is -0.486 e. The van der Waals surface area contributed by atoms with Crippen LogP contribution in [0.25, 0.3) is 0 Å². The lowest BCUT2D eigenvalue weighted by Crippen LogP contribution is -2.38. The molecule has 1 fully saturated rings. The fourth-order valence-electron chi connectivity index (χ4n) is 1.77. The van der Waals surface area contributed by atoms with E-state index in [1.807, 2.05) is 0 Å². The van der Waals surface area contributed by atoms with E-state index >= 15 is 0 Å². The van der Waals surface area contributed by atoms with E-state index in [0.717, 1.165) is 13.0 Å². The number of rotatable bonds is 3. The minimum absolute atomic E-state index is 0.0652. The molecule has 1 aliphatic rings. The number of H-pyrrole nitrogens is 1. The van der Waals surface area contributed by atoms with E-state index in [1.54, 1.807) is 12.4 Å². The summed E-state index contributed by atoms with van der Waals surface area (Å²) in [5.74, 6) is 0.407. The molecule has 0 aliphatic carbocycles. The molecule has 1 aromatic rings. The van der Waals surface area contributed by atoms with Crippen LogP contribution in [0.3, 0.4) is 0 Å². The molecular formula is C11H16N2O2. The van der Waals surface area contributed by atoms with Gasteiger partial charge in [-0.3, -0.25) is 4.79 Å². The molecule has 0 bridgehead atoms. The van der Waals surface area contributed by atoms with Crippen LogP contribution in [0.5, 0.6) is 5.75 Å². The lowest BCUT2D eigenvalue weighted by molar-refractivity contribution is 0.237. The highest BCUT2D eigenvalue weighted by molar-refractivity contribution is 5.16. The third-order valence-corrected chi connectivity index (χ3v) is 2.64. The lowest BCUT2D eigenvalue weighted by Gasteiger charge is -2.23. The maximum atomic E-state index is 11.3. The number of aromatic nitrogens is 1. The van der Waals surface area contributed by atoms with Crippen molar-refractivity contribution in [1.29, 1.82) is 0 Å². The third-order valence-electron chi connectivity index (χ3n) is 2.64. The van der Waals surface area contributed by atoms with Crippen LogP contribution < -0.4 is 15.5 Å². The first-order valence-electron chi connectivity index (χ1n) is 5.39. The smallest absolute Gasteiger partial charge is 0.223 e. The molecule has 2 heterocycles. The SMILES string of the molecule is O=c1cc[nH]cc1OCC1CCCCN1. The molecular weight excluding hydrogens is 192 g/mol. The van der Waals surface area contributed by atoms with E-state index in [4.69, 9.17) is 4.74 Å². The zero-order valence-electron chi connectivity index (χ0n) is 8.66. The maximum Gasteiger partial charge on any atom is 0.223 e. The Morgan fingerprint density at radius 2 is 2.40 bits per heavy atom. The van der Waals surface area contributed by atoms with Crippen LogP contribution in [-0.2, 0) is 0 Å². The Bertz CT molecular complexity index is 356. The summed E-state index contributed by atoms with van der Waals surface area (Å²) in [7, 11) is 0. The summed E-state index contributed by atoms with van der Waals surface area (Å²) < 4.78 is 5.47. The molecule has 4 nitrogen and oxygen atoms in total. The maximum absolute atomic E-state index is 11.3. The van der Waals surface area contributed by atoms with Gasteiger partial charge in [0.25, 0.3) is 0 Å². The van der Waals surface area contributed by atoms with Gasteiger partial charge >= 0.3 is 0 Å². The van der Waals surface area contributed by atoms with Crippen molar-refractivity contribution in [1.82, 2.24) is 10.3 Å². The van der Waals surface area contributed by atoms with E-state index in [9.17, 15) is 4.79 Å². The molecule has 82 valence electrons. The van der Waals surface area contributed by atoms with Crippen molar-refractivity contribution in [2.45, 2.75) is 25.3 Å². The highest BCUT2D eigenvalue weighted by Crippen LogP contribution is 2.08. The first-order valence-corrected chi connectivity index (χ1v) is 5.39. The summed E-state index contributed by atoms with van der Waals surface area (Å²) in [6.07, 6.45) is 6.82. The highest BCUT2D eigenvalue weighted by Gasteiger charge is 2.13. The van der Waals surface area contributed by atoms with Crippen molar-refractivity contribution < 1.29 is 4.74 Å². The zero-order chi connectivity index (χ0) is 10.5. The van der Waals surface area contributed by atoms with Gasteiger partial charge in [-0.1, -0.05) is 6.42 Å². The first-order chi connectivity index (χ1) is 7.36. The van der Waals surface area contributed by atoms with Crippen LogP contribution in [0.2, 0.25) is 0 Å². The van der Waals surface area contributed by atoms with E-state index in [1.165, 1.54) is 18.9 Å². The van der Waals surface area contributed by atoms with Crippen molar-refractivity contribution >= 4 is 0 Å². The molecule has 0 radical (unpaired) electrons. The fourth-order valence-corrected chi connectivity index (χ4v) is 1.77. The van der Waals surface area contributed by atoms with Crippen molar-refractivity contribution in [3.8, 4) is 5.75 Å². The molecule has 2 N–H and O–H groups in total. The number of hydrogen-bond donors (Lipinski definition) is 2. The standard InChI is InChI=1S/C11H16N2O2/c14-10-4-6-12-7-11(10)15-8-9-3-1-2-5-13-9/h4,6-7,9,13H,1-3,5,8H2,(H,12,14). The van der Waals surface area contributed by atoms with Gasteiger partial charge in [-0.15, -0.1) is 0 Å². The van der Waals surface area contributed by atoms with Crippen LogP contribution in [0.1, 0.15) is 19.3 Å². The van der Waals surface area contributed by atoms with Crippen LogP contribution in [0.4, 0.5) is 0 Å². The summed E-state index contributed by atoms with van der Waals surface area (Å²) in [6, 6.07) is 1.86. The quantitative estimate of drug-likeness (QED) is 0.775. The van der Waals surface area contributed by atoms with Crippen molar-refractivity contribution in [3.63, 3.8) is 0 Å². The molecule has 15 heavy (non-hydrogen) atoms. The van der Waals surface area contributed by atoms with Gasteiger partial charge < -0.3 is 15.0 Å². The molecule has 0 amide bonds. The Labute approximate surface area is 88.7 Å². The van der Waals surface area contributed by atoms with E-state index in [-0.39, 0.29) is 5.43 Å². The fraction of sp³-hybridized carbons (Fsp3) is 0.545. The van der Waals surface area contributed by atoms with Gasteiger partial charge in [-0.2, -0.15) is 0 Å².